The second-order valence-corrected chi connectivity index (χ2v) is 7.57. The minimum Gasteiger partial charge on any atom is -0.354 e. The fraction of sp³-hybridized carbons (Fsp3) is 0.318. The molecule has 0 aliphatic heterocycles. The highest BCUT2D eigenvalue weighted by Crippen LogP contribution is 2.17. The Labute approximate surface area is 187 Å². The third kappa shape index (κ3) is 8.03. The smallest absolute Gasteiger partial charge is 0.233 e. The number of anilines is 4. The molecule has 2 aromatic carbocycles. The molecule has 0 bridgehead atoms. The molecule has 1 aromatic heterocycles. The second-order valence-electron chi connectivity index (χ2n) is 7.06. The summed E-state index contributed by atoms with van der Waals surface area (Å²) in [6.45, 7) is 2.11. The van der Waals surface area contributed by atoms with Gasteiger partial charge in [0.2, 0.25) is 17.8 Å². The Kier molecular flexibility index (Phi) is 8.86. The molecule has 0 fully saturated rings. The molecule has 9 heteroatoms. The maximum Gasteiger partial charge on any atom is 0.233 e. The molecule has 0 atom stereocenters. The quantitative estimate of drug-likeness (QED) is 0.212. The van der Waals surface area contributed by atoms with Crippen molar-refractivity contribution in [2.75, 3.05) is 35.6 Å². The lowest BCUT2D eigenvalue weighted by Crippen LogP contribution is -2.13. The van der Waals surface area contributed by atoms with Gasteiger partial charge in [0.1, 0.15) is 5.82 Å². The number of thiol groups is 1. The summed E-state index contributed by atoms with van der Waals surface area (Å²) in [4.78, 5) is 14.3. The van der Waals surface area contributed by atoms with E-state index >= 15 is 0 Å². The maximum atomic E-state index is 13.2. The van der Waals surface area contributed by atoms with Gasteiger partial charge in [-0.3, -0.25) is 0 Å². The van der Waals surface area contributed by atoms with Gasteiger partial charge in [0.05, 0.1) is 0 Å². The standard InChI is InChI=1S/C22H28FN7S/c23-17-6-8-18(9-7-17)27-22-29-20(25-14-3-1-2-13-24)28-21(30-22)26-15-12-16-4-10-19(31)11-5-16/h4-11,31H,1-3,12-15,24H2,(H3,25,26,27,28,29,30). The lowest BCUT2D eigenvalue weighted by Gasteiger charge is -2.11. The first kappa shape index (κ1) is 22.8. The van der Waals surface area contributed by atoms with E-state index in [0.717, 1.165) is 37.1 Å². The third-order valence-corrected chi connectivity index (χ3v) is 4.83. The summed E-state index contributed by atoms with van der Waals surface area (Å²) >= 11 is 4.31. The predicted molar refractivity (Wildman–Crippen MR) is 127 cm³/mol. The SMILES string of the molecule is NCCCCCNc1nc(NCCc2ccc(S)cc2)nc(Nc2ccc(F)cc2)n1. The largest absolute Gasteiger partial charge is 0.354 e. The van der Waals surface area contributed by atoms with Crippen LogP contribution >= 0.6 is 12.6 Å². The molecule has 5 N–H and O–H groups in total. The number of hydrogen-bond donors (Lipinski definition) is 5. The first-order valence-electron chi connectivity index (χ1n) is 10.4. The third-order valence-electron chi connectivity index (χ3n) is 4.53. The molecule has 3 aromatic rings. The summed E-state index contributed by atoms with van der Waals surface area (Å²) in [5.41, 5.74) is 7.43. The summed E-state index contributed by atoms with van der Waals surface area (Å²) < 4.78 is 13.2. The van der Waals surface area contributed by atoms with Crippen molar-refractivity contribution in [3.63, 3.8) is 0 Å². The van der Waals surface area contributed by atoms with Crippen LogP contribution < -0.4 is 21.7 Å². The van der Waals surface area contributed by atoms with Crippen LogP contribution in [0.3, 0.4) is 0 Å². The van der Waals surface area contributed by atoms with Crippen molar-refractivity contribution in [3.05, 3.63) is 59.9 Å². The van der Waals surface area contributed by atoms with Crippen LogP contribution in [0.15, 0.2) is 53.4 Å². The van der Waals surface area contributed by atoms with E-state index in [1.807, 2.05) is 24.3 Å². The van der Waals surface area contributed by atoms with Crippen molar-refractivity contribution >= 4 is 36.2 Å². The van der Waals surface area contributed by atoms with E-state index in [4.69, 9.17) is 5.73 Å². The molecule has 3 rings (SSSR count). The van der Waals surface area contributed by atoms with Crippen LogP contribution in [0.4, 0.5) is 27.9 Å². The van der Waals surface area contributed by atoms with Crippen LogP contribution in [0.1, 0.15) is 24.8 Å². The molecule has 0 unspecified atom stereocenters. The Balaban J connectivity index is 1.65. The van der Waals surface area contributed by atoms with E-state index in [2.05, 4.69) is 43.5 Å². The first-order valence-corrected chi connectivity index (χ1v) is 10.8. The molecule has 31 heavy (non-hydrogen) atoms. The van der Waals surface area contributed by atoms with Crippen LogP contribution in [-0.4, -0.2) is 34.6 Å². The van der Waals surface area contributed by atoms with Gasteiger partial charge in [-0.2, -0.15) is 15.0 Å². The number of nitrogens with one attached hydrogen (secondary N) is 3. The number of nitrogens with two attached hydrogens (primary N) is 1. The fourth-order valence-corrected chi connectivity index (χ4v) is 3.03. The van der Waals surface area contributed by atoms with E-state index in [1.165, 1.54) is 17.7 Å². The summed E-state index contributed by atoms with van der Waals surface area (Å²) in [5, 5.41) is 9.60. The van der Waals surface area contributed by atoms with Crippen molar-refractivity contribution in [3.8, 4) is 0 Å². The van der Waals surface area contributed by atoms with Gasteiger partial charge < -0.3 is 21.7 Å². The van der Waals surface area contributed by atoms with E-state index < -0.39 is 0 Å². The van der Waals surface area contributed by atoms with Crippen molar-refractivity contribution in [1.82, 2.24) is 15.0 Å². The van der Waals surface area contributed by atoms with Gasteiger partial charge in [-0.1, -0.05) is 18.6 Å². The minimum atomic E-state index is -0.297. The molecule has 0 aliphatic rings. The Morgan fingerprint density at radius 1 is 0.774 bits per heavy atom. The van der Waals surface area contributed by atoms with Gasteiger partial charge in [0, 0.05) is 23.7 Å². The highest BCUT2D eigenvalue weighted by Gasteiger charge is 2.07. The summed E-state index contributed by atoms with van der Waals surface area (Å²) in [6, 6.07) is 14.1. The topological polar surface area (TPSA) is 101 Å². The van der Waals surface area contributed by atoms with Crippen LogP contribution in [0, 0.1) is 5.82 Å². The zero-order chi connectivity index (χ0) is 21.9. The predicted octanol–water partition coefficient (Wildman–Crippen LogP) is 4.24. The summed E-state index contributed by atoms with van der Waals surface area (Å²) in [5.74, 6) is 1.03. The molecular weight excluding hydrogens is 413 g/mol. The Hall–Kier alpha value is -2.91. The van der Waals surface area contributed by atoms with Crippen molar-refractivity contribution < 1.29 is 4.39 Å². The molecule has 164 valence electrons. The highest BCUT2D eigenvalue weighted by molar-refractivity contribution is 7.80. The van der Waals surface area contributed by atoms with E-state index in [9.17, 15) is 4.39 Å². The molecule has 0 radical (unpaired) electrons. The number of nitrogens with zero attached hydrogens (tertiary/aromatic N) is 3. The van der Waals surface area contributed by atoms with Crippen molar-refractivity contribution in [2.45, 2.75) is 30.6 Å². The summed E-state index contributed by atoms with van der Waals surface area (Å²) in [7, 11) is 0. The van der Waals surface area contributed by atoms with Crippen LogP contribution in [0.2, 0.25) is 0 Å². The maximum absolute atomic E-state index is 13.2. The van der Waals surface area contributed by atoms with Crippen molar-refractivity contribution in [1.29, 1.82) is 0 Å². The average molecular weight is 442 g/mol. The first-order chi connectivity index (χ1) is 15.1. The molecule has 1 heterocycles. The molecule has 0 amide bonds. The molecule has 0 aliphatic carbocycles. The van der Waals surface area contributed by atoms with Crippen LogP contribution in [0.25, 0.3) is 0 Å². The van der Waals surface area contributed by atoms with E-state index in [-0.39, 0.29) is 5.82 Å². The summed E-state index contributed by atoms with van der Waals surface area (Å²) in [6.07, 6.45) is 3.85. The normalized spacial score (nSPS) is 10.7. The number of hydrogen-bond acceptors (Lipinski definition) is 8. The van der Waals surface area contributed by atoms with Gasteiger partial charge in [0.15, 0.2) is 0 Å². The molecule has 7 nitrogen and oxygen atoms in total. The Morgan fingerprint density at radius 2 is 1.42 bits per heavy atom. The Bertz CT molecular complexity index is 936. The fourth-order valence-electron chi connectivity index (χ4n) is 2.88. The van der Waals surface area contributed by atoms with Gasteiger partial charge in [-0.15, -0.1) is 12.6 Å². The molecule has 0 saturated carbocycles. The van der Waals surface area contributed by atoms with Gasteiger partial charge >= 0.3 is 0 Å². The highest BCUT2D eigenvalue weighted by atomic mass is 32.1. The minimum absolute atomic E-state index is 0.297. The van der Waals surface area contributed by atoms with E-state index in [0.29, 0.717) is 36.6 Å². The van der Waals surface area contributed by atoms with Crippen LogP contribution in [-0.2, 0) is 6.42 Å². The average Bonchev–Trinajstić information content (AvgIpc) is 2.77. The zero-order valence-electron chi connectivity index (χ0n) is 17.3. The molecule has 0 saturated heterocycles. The lowest BCUT2D eigenvalue weighted by molar-refractivity contribution is 0.628. The second kappa shape index (κ2) is 12.1. The van der Waals surface area contributed by atoms with Crippen LogP contribution in [0.5, 0.6) is 0 Å². The molecular formula is C22H28FN7S. The number of rotatable bonds is 12. The zero-order valence-corrected chi connectivity index (χ0v) is 18.2. The number of unbranched alkanes of at least 4 members (excludes halogenated alkanes) is 2. The Morgan fingerprint density at radius 3 is 2.10 bits per heavy atom. The lowest BCUT2D eigenvalue weighted by atomic mass is 10.1. The van der Waals surface area contributed by atoms with Crippen molar-refractivity contribution in [2.24, 2.45) is 5.73 Å². The molecule has 0 spiro atoms. The van der Waals surface area contributed by atoms with Gasteiger partial charge in [-0.25, -0.2) is 4.39 Å². The van der Waals surface area contributed by atoms with Gasteiger partial charge in [-0.05, 0) is 67.8 Å². The number of halogens is 1. The number of benzene rings is 2. The monoisotopic (exact) mass is 441 g/mol. The van der Waals surface area contributed by atoms with E-state index in [1.54, 1.807) is 12.1 Å². The number of aromatic nitrogens is 3. The van der Waals surface area contributed by atoms with Gasteiger partial charge in [0.25, 0.3) is 0 Å².